The molecule has 1 unspecified atom stereocenters. The Bertz CT molecular complexity index is 1150. The fourth-order valence-electron chi connectivity index (χ4n) is 3.45. The molecule has 1 aromatic heterocycles. The molecule has 1 saturated heterocycles. The number of carbonyl (C=O) groups excluding carboxylic acids is 1. The number of carbonyl (C=O) groups is 1. The molecule has 1 aliphatic heterocycles. The third-order valence-electron chi connectivity index (χ3n) is 5.25. The van der Waals surface area contributed by atoms with Gasteiger partial charge in [-0.1, -0.05) is 11.6 Å². The molecule has 2 aromatic carbocycles. The molecule has 0 bridgehead atoms. The predicted molar refractivity (Wildman–Crippen MR) is 118 cm³/mol. The topological polar surface area (TPSA) is 85.8 Å². The van der Waals surface area contributed by atoms with Crippen LogP contribution in [0.15, 0.2) is 36.7 Å². The highest BCUT2D eigenvalue weighted by molar-refractivity contribution is 6.31. The molecule has 2 heterocycles. The van der Waals surface area contributed by atoms with Gasteiger partial charge in [0.2, 0.25) is 0 Å². The van der Waals surface area contributed by atoms with E-state index in [1.165, 1.54) is 18.5 Å². The summed E-state index contributed by atoms with van der Waals surface area (Å²) in [5.41, 5.74) is 1.23. The van der Waals surface area contributed by atoms with Crippen LogP contribution in [0.3, 0.4) is 0 Å². The SMILES string of the molecule is COc1cc2ncnc(Nc3ccc(F)c(Cl)c3)c2cc1OCCN1CCOC(=O)C1C. The van der Waals surface area contributed by atoms with Crippen molar-refractivity contribution in [1.29, 1.82) is 0 Å². The van der Waals surface area contributed by atoms with Gasteiger partial charge in [-0.15, -0.1) is 0 Å². The van der Waals surface area contributed by atoms with E-state index in [0.29, 0.717) is 60.2 Å². The van der Waals surface area contributed by atoms with Crippen LogP contribution in [0.2, 0.25) is 5.02 Å². The van der Waals surface area contributed by atoms with Crippen molar-refractivity contribution < 1.29 is 23.4 Å². The maximum absolute atomic E-state index is 13.5. The van der Waals surface area contributed by atoms with Gasteiger partial charge >= 0.3 is 5.97 Å². The first-order chi connectivity index (χ1) is 15.5. The fraction of sp³-hybridized carbons (Fsp3) is 0.318. The summed E-state index contributed by atoms with van der Waals surface area (Å²) in [6, 6.07) is 7.57. The lowest BCUT2D eigenvalue weighted by molar-refractivity contribution is -0.156. The lowest BCUT2D eigenvalue weighted by atomic mass is 10.2. The van der Waals surface area contributed by atoms with Crippen molar-refractivity contribution in [3.05, 3.63) is 47.5 Å². The molecule has 8 nitrogen and oxygen atoms in total. The summed E-state index contributed by atoms with van der Waals surface area (Å²) in [4.78, 5) is 22.4. The Hall–Kier alpha value is -3.17. The van der Waals surface area contributed by atoms with E-state index in [0.717, 1.165) is 0 Å². The summed E-state index contributed by atoms with van der Waals surface area (Å²) in [6.07, 6.45) is 1.42. The Labute approximate surface area is 189 Å². The summed E-state index contributed by atoms with van der Waals surface area (Å²) in [5.74, 6) is 0.827. The highest BCUT2D eigenvalue weighted by Gasteiger charge is 2.27. The zero-order valence-corrected chi connectivity index (χ0v) is 18.4. The molecule has 4 rings (SSSR count). The Kier molecular flexibility index (Phi) is 6.57. The van der Waals surface area contributed by atoms with Gasteiger partial charge in [-0.3, -0.25) is 9.69 Å². The van der Waals surface area contributed by atoms with Crippen molar-refractivity contribution in [3.8, 4) is 11.5 Å². The molecule has 0 aliphatic carbocycles. The molecule has 1 atom stereocenters. The first kappa shape index (κ1) is 22.0. The van der Waals surface area contributed by atoms with Gasteiger partial charge in [0.15, 0.2) is 11.5 Å². The number of anilines is 2. The number of esters is 1. The van der Waals surface area contributed by atoms with Gasteiger partial charge in [-0.2, -0.15) is 0 Å². The van der Waals surface area contributed by atoms with Gasteiger partial charge in [0, 0.05) is 30.2 Å². The van der Waals surface area contributed by atoms with E-state index < -0.39 is 5.82 Å². The van der Waals surface area contributed by atoms with Crippen LogP contribution in [-0.2, 0) is 9.53 Å². The lowest BCUT2D eigenvalue weighted by Gasteiger charge is -2.31. The van der Waals surface area contributed by atoms with E-state index in [1.54, 1.807) is 25.3 Å². The number of halogens is 2. The lowest BCUT2D eigenvalue weighted by Crippen LogP contribution is -2.48. The zero-order valence-electron chi connectivity index (χ0n) is 17.6. The average Bonchev–Trinajstić information content (AvgIpc) is 2.79. The third kappa shape index (κ3) is 4.68. The second-order valence-corrected chi connectivity index (χ2v) is 7.63. The molecule has 0 amide bonds. The van der Waals surface area contributed by atoms with Gasteiger partial charge in [0.25, 0.3) is 0 Å². The van der Waals surface area contributed by atoms with Crippen molar-refractivity contribution in [2.45, 2.75) is 13.0 Å². The Morgan fingerprint density at radius 1 is 1.28 bits per heavy atom. The first-order valence-corrected chi connectivity index (χ1v) is 10.4. The number of fused-ring (bicyclic) bond motifs is 1. The van der Waals surface area contributed by atoms with Crippen molar-refractivity contribution >= 4 is 40.0 Å². The molecular formula is C22H22ClFN4O4. The number of benzene rings is 2. The summed E-state index contributed by atoms with van der Waals surface area (Å²) in [5, 5.41) is 3.84. The highest BCUT2D eigenvalue weighted by atomic mass is 35.5. The van der Waals surface area contributed by atoms with Crippen LogP contribution < -0.4 is 14.8 Å². The molecule has 1 fully saturated rings. The maximum atomic E-state index is 13.5. The standard InChI is InChI=1S/C22H22ClFN4O4/c1-13-22(29)32-8-6-28(13)5-7-31-20-10-15-18(11-19(20)30-2)25-12-26-21(15)27-14-3-4-17(24)16(23)9-14/h3-4,9-13H,5-8H2,1-2H3,(H,25,26,27). The highest BCUT2D eigenvalue weighted by Crippen LogP contribution is 2.35. The molecular weight excluding hydrogens is 439 g/mol. The van der Waals surface area contributed by atoms with Crippen molar-refractivity contribution in [2.24, 2.45) is 0 Å². The Morgan fingerprint density at radius 3 is 2.91 bits per heavy atom. The van der Waals surface area contributed by atoms with E-state index in [-0.39, 0.29) is 17.0 Å². The molecule has 10 heteroatoms. The van der Waals surface area contributed by atoms with E-state index in [2.05, 4.69) is 15.3 Å². The normalized spacial score (nSPS) is 16.6. The average molecular weight is 461 g/mol. The largest absolute Gasteiger partial charge is 0.493 e. The van der Waals surface area contributed by atoms with E-state index >= 15 is 0 Å². The molecule has 32 heavy (non-hydrogen) atoms. The third-order valence-corrected chi connectivity index (χ3v) is 5.54. The van der Waals surface area contributed by atoms with Crippen LogP contribution in [0.5, 0.6) is 11.5 Å². The number of ether oxygens (including phenoxy) is 3. The van der Waals surface area contributed by atoms with E-state index in [9.17, 15) is 9.18 Å². The molecule has 0 saturated carbocycles. The summed E-state index contributed by atoms with van der Waals surface area (Å²) >= 11 is 5.89. The summed E-state index contributed by atoms with van der Waals surface area (Å²) in [7, 11) is 1.55. The van der Waals surface area contributed by atoms with E-state index in [4.69, 9.17) is 25.8 Å². The van der Waals surface area contributed by atoms with E-state index in [1.807, 2.05) is 11.8 Å². The smallest absolute Gasteiger partial charge is 0.323 e. The second kappa shape index (κ2) is 9.54. The van der Waals surface area contributed by atoms with Crippen molar-refractivity contribution in [1.82, 2.24) is 14.9 Å². The minimum absolute atomic E-state index is 0.00914. The number of nitrogens with zero attached hydrogens (tertiary/aromatic N) is 3. The molecule has 1 N–H and O–H groups in total. The van der Waals surface area contributed by atoms with Crippen molar-refractivity contribution in [3.63, 3.8) is 0 Å². The number of rotatable bonds is 7. The minimum Gasteiger partial charge on any atom is -0.493 e. The zero-order chi connectivity index (χ0) is 22.7. The number of morpholine rings is 1. The van der Waals surface area contributed by atoms with Crippen molar-refractivity contribution in [2.75, 3.05) is 38.7 Å². The van der Waals surface area contributed by atoms with Crippen LogP contribution in [0.4, 0.5) is 15.9 Å². The fourth-order valence-corrected chi connectivity index (χ4v) is 3.63. The monoisotopic (exact) mass is 460 g/mol. The van der Waals surface area contributed by atoms with Gasteiger partial charge in [0.1, 0.15) is 37.2 Å². The molecule has 168 valence electrons. The van der Waals surface area contributed by atoms with Gasteiger partial charge in [0.05, 0.1) is 17.6 Å². The molecule has 1 aliphatic rings. The van der Waals surface area contributed by atoms with Gasteiger partial charge in [-0.05, 0) is 31.2 Å². The Morgan fingerprint density at radius 2 is 2.12 bits per heavy atom. The number of hydrogen-bond acceptors (Lipinski definition) is 8. The van der Waals surface area contributed by atoms with Gasteiger partial charge in [-0.25, -0.2) is 14.4 Å². The molecule has 0 spiro atoms. The molecule has 0 radical (unpaired) electrons. The van der Waals surface area contributed by atoms with Gasteiger partial charge < -0.3 is 19.5 Å². The summed E-state index contributed by atoms with van der Waals surface area (Å²) in [6.45, 7) is 3.76. The molecule has 3 aromatic rings. The summed E-state index contributed by atoms with van der Waals surface area (Å²) < 4.78 is 30.0. The minimum atomic E-state index is -0.499. The second-order valence-electron chi connectivity index (χ2n) is 7.22. The van der Waals surface area contributed by atoms with Crippen LogP contribution in [0.1, 0.15) is 6.92 Å². The van der Waals surface area contributed by atoms with Crippen LogP contribution in [0.25, 0.3) is 10.9 Å². The first-order valence-electron chi connectivity index (χ1n) is 10.0. The van der Waals surface area contributed by atoms with Crippen LogP contribution in [0, 0.1) is 5.82 Å². The predicted octanol–water partition coefficient (Wildman–Crippen LogP) is 3.80. The maximum Gasteiger partial charge on any atom is 0.323 e. The number of methoxy groups -OCH3 is 1. The Balaban J connectivity index is 1.56. The van der Waals surface area contributed by atoms with Crippen LogP contribution in [-0.4, -0.2) is 60.3 Å². The number of aromatic nitrogens is 2. The number of cyclic esters (lactones) is 1. The van der Waals surface area contributed by atoms with Crippen LogP contribution >= 0.6 is 11.6 Å². The quantitative estimate of drug-likeness (QED) is 0.533. The number of hydrogen-bond donors (Lipinski definition) is 1. The number of nitrogens with one attached hydrogen (secondary N) is 1.